The number of hydrogen-bond donors (Lipinski definition) is 1. The van der Waals surface area contributed by atoms with Gasteiger partial charge in [-0.25, -0.2) is 4.68 Å². The van der Waals surface area contributed by atoms with Crippen molar-refractivity contribution in [3.05, 3.63) is 46.6 Å². The Balaban J connectivity index is 1.43. The lowest BCUT2D eigenvalue weighted by atomic mass is 9.95. The SMILES string of the molecule is CC1(C)CCNc2c(C(=O)N3CC4CC4(c4ccccc4Cl)C3)cnn21. The van der Waals surface area contributed by atoms with E-state index in [0.29, 0.717) is 11.5 Å². The van der Waals surface area contributed by atoms with Crippen LogP contribution in [-0.2, 0) is 11.0 Å². The minimum Gasteiger partial charge on any atom is -0.370 e. The zero-order valence-electron chi connectivity index (χ0n) is 15.1. The maximum absolute atomic E-state index is 13.2. The molecule has 0 bridgehead atoms. The summed E-state index contributed by atoms with van der Waals surface area (Å²) in [6.45, 7) is 6.74. The molecule has 1 aromatic heterocycles. The Morgan fingerprint density at radius 3 is 2.96 bits per heavy atom. The first kappa shape index (κ1) is 16.2. The van der Waals surface area contributed by atoms with Gasteiger partial charge in [-0.3, -0.25) is 4.79 Å². The first-order chi connectivity index (χ1) is 12.4. The molecule has 2 fully saturated rings. The van der Waals surface area contributed by atoms with E-state index in [4.69, 9.17) is 11.6 Å². The van der Waals surface area contributed by atoms with Crippen molar-refractivity contribution in [3.8, 4) is 0 Å². The van der Waals surface area contributed by atoms with E-state index in [0.717, 1.165) is 43.3 Å². The molecular formula is C20H23ClN4O. The van der Waals surface area contributed by atoms with Crippen LogP contribution in [0.4, 0.5) is 5.82 Å². The van der Waals surface area contributed by atoms with Gasteiger partial charge in [-0.2, -0.15) is 5.10 Å². The third-order valence-corrected chi connectivity index (χ3v) is 6.78. The summed E-state index contributed by atoms with van der Waals surface area (Å²) in [7, 11) is 0. The summed E-state index contributed by atoms with van der Waals surface area (Å²) in [5.74, 6) is 1.45. The Kier molecular flexibility index (Phi) is 3.27. The van der Waals surface area contributed by atoms with Gasteiger partial charge in [0.25, 0.3) is 5.91 Å². The second kappa shape index (κ2) is 5.26. The van der Waals surface area contributed by atoms with Crippen LogP contribution in [0.25, 0.3) is 0 Å². The summed E-state index contributed by atoms with van der Waals surface area (Å²) in [6, 6.07) is 8.06. The molecule has 2 atom stereocenters. The molecule has 1 aliphatic carbocycles. The number of likely N-dealkylation sites (tertiary alicyclic amines) is 1. The predicted octanol–water partition coefficient (Wildman–Crippen LogP) is 3.50. The molecule has 1 N–H and O–H groups in total. The monoisotopic (exact) mass is 370 g/mol. The van der Waals surface area contributed by atoms with Gasteiger partial charge in [-0.15, -0.1) is 0 Å². The Labute approximate surface area is 158 Å². The Morgan fingerprint density at radius 1 is 1.35 bits per heavy atom. The zero-order valence-corrected chi connectivity index (χ0v) is 15.9. The van der Waals surface area contributed by atoms with Gasteiger partial charge in [0.2, 0.25) is 0 Å². The molecular weight excluding hydrogens is 348 g/mol. The van der Waals surface area contributed by atoms with Crippen molar-refractivity contribution in [2.24, 2.45) is 5.92 Å². The highest BCUT2D eigenvalue weighted by Crippen LogP contribution is 2.60. The van der Waals surface area contributed by atoms with Gasteiger partial charge in [0.15, 0.2) is 0 Å². The van der Waals surface area contributed by atoms with Crippen LogP contribution in [0.1, 0.15) is 42.6 Å². The standard InChI is InChI=1S/C20H23ClN4O/c1-19(2)7-8-22-17-14(10-23-25(17)19)18(26)24-11-13-9-20(13,12-24)15-5-3-4-6-16(15)21/h3-6,10,13,22H,7-9,11-12H2,1-2H3. The van der Waals surface area contributed by atoms with E-state index in [9.17, 15) is 4.79 Å². The summed E-state index contributed by atoms with van der Waals surface area (Å²) >= 11 is 6.45. The second-order valence-electron chi connectivity index (χ2n) is 8.53. The molecule has 2 aliphatic heterocycles. The van der Waals surface area contributed by atoms with Gasteiger partial charge in [0, 0.05) is 30.1 Å². The fraction of sp³-hybridized carbons (Fsp3) is 0.500. The Morgan fingerprint density at radius 2 is 2.15 bits per heavy atom. The van der Waals surface area contributed by atoms with Gasteiger partial charge in [-0.1, -0.05) is 29.8 Å². The number of nitrogens with zero attached hydrogens (tertiary/aromatic N) is 3. The number of rotatable bonds is 2. The van der Waals surface area contributed by atoms with Gasteiger partial charge < -0.3 is 10.2 Å². The minimum atomic E-state index is -0.0644. The van der Waals surface area contributed by atoms with E-state index >= 15 is 0 Å². The van der Waals surface area contributed by atoms with Crippen LogP contribution in [-0.4, -0.2) is 40.2 Å². The molecule has 2 unspecified atom stereocenters. The van der Waals surface area contributed by atoms with Crippen molar-refractivity contribution in [1.82, 2.24) is 14.7 Å². The number of anilines is 1. The quantitative estimate of drug-likeness (QED) is 0.880. The molecule has 1 saturated heterocycles. The fourth-order valence-corrected chi connectivity index (χ4v) is 5.14. The number of piperidine rings is 1. The molecule has 6 heteroatoms. The van der Waals surface area contributed by atoms with Gasteiger partial charge in [-0.05, 0) is 44.2 Å². The number of amides is 1. The molecule has 3 aliphatic rings. The lowest BCUT2D eigenvalue weighted by Gasteiger charge is -2.33. The van der Waals surface area contributed by atoms with Crippen LogP contribution in [0, 0.1) is 5.92 Å². The van der Waals surface area contributed by atoms with E-state index in [1.807, 2.05) is 27.8 Å². The number of fused-ring (bicyclic) bond motifs is 2. The number of halogens is 1. The van der Waals surface area contributed by atoms with Gasteiger partial charge in [0.05, 0.1) is 11.7 Å². The number of hydrogen-bond acceptors (Lipinski definition) is 3. The first-order valence-corrected chi connectivity index (χ1v) is 9.67. The largest absolute Gasteiger partial charge is 0.370 e. The van der Waals surface area contributed by atoms with Crippen LogP contribution in [0.3, 0.4) is 0 Å². The molecule has 2 aromatic rings. The lowest BCUT2D eigenvalue weighted by Crippen LogP contribution is -2.37. The summed E-state index contributed by atoms with van der Waals surface area (Å²) in [6.07, 6.45) is 3.85. The van der Waals surface area contributed by atoms with Crippen molar-refractivity contribution in [2.75, 3.05) is 25.0 Å². The normalized spacial score (nSPS) is 28.3. The minimum absolute atomic E-state index is 0.0495. The number of aromatic nitrogens is 2. The average molecular weight is 371 g/mol. The summed E-state index contributed by atoms with van der Waals surface area (Å²) in [5.41, 5.74) is 1.87. The van der Waals surface area contributed by atoms with Crippen LogP contribution in [0.15, 0.2) is 30.5 Å². The lowest BCUT2D eigenvalue weighted by molar-refractivity contribution is 0.0773. The second-order valence-corrected chi connectivity index (χ2v) is 8.94. The third kappa shape index (κ3) is 2.16. The molecule has 0 spiro atoms. The van der Waals surface area contributed by atoms with Crippen molar-refractivity contribution in [2.45, 2.75) is 37.6 Å². The Hall–Kier alpha value is -2.01. The van der Waals surface area contributed by atoms with Crippen molar-refractivity contribution in [1.29, 1.82) is 0 Å². The summed E-state index contributed by atoms with van der Waals surface area (Å²) in [5, 5.41) is 8.70. The van der Waals surface area contributed by atoms with Gasteiger partial charge >= 0.3 is 0 Å². The maximum atomic E-state index is 13.2. The topological polar surface area (TPSA) is 50.2 Å². The average Bonchev–Trinajstić information content (AvgIpc) is 2.97. The molecule has 136 valence electrons. The first-order valence-electron chi connectivity index (χ1n) is 9.29. The maximum Gasteiger partial charge on any atom is 0.259 e. The fourth-order valence-electron chi connectivity index (χ4n) is 4.82. The van der Waals surface area contributed by atoms with E-state index < -0.39 is 0 Å². The third-order valence-electron chi connectivity index (χ3n) is 6.45. The molecule has 1 amide bonds. The molecule has 3 heterocycles. The predicted molar refractivity (Wildman–Crippen MR) is 102 cm³/mol. The van der Waals surface area contributed by atoms with Crippen LogP contribution in [0.2, 0.25) is 5.02 Å². The van der Waals surface area contributed by atoms with Crippen LogP contribution in [0.5, 0.6) is 0 Å². The zero-order chi connectivity index (χ0) is 18.1. The Bertz CT molecular complexity index is 905. The van der Waals surface area contributed by atoms with Crippen LogP contribution >= 0.6 is 11.6 Å². The number of benzene rings is 1. The van der Waals surface area contributed by atoms with Crippen LogP contribution < -0.4 is 5.32 Å². The number of carbonyl (C=O) groups is 1. The van der Waals surface area contributed by atoms with E-state index in [1.54, 1.807) is 6.20 Å². The molecule has 5 nitrogen and oxygen atoms in total. The highest BCUT2D eigenvalue weighted by atomic mass is 35.5. The highest BCUT2D eigenvalue weighted by Gasteiger charge is 2.62. The molecule has 0 radical (unpaired) electrons. The smallest absolute Gasteiger partial charge is 0.259 e. The molecule has 26 heavy (non-hydrogen) atoms. The van der Waals surface area contributed by atoms with Gasteiger partial charge in [0.1, 0.15) is 11.4 Å². The van der Waals surface area contributed by atoms with Crippen molar-refractivity contribution in [3.63, 3.8) is 0 Å². The molecule has 1 saturated carbocycles. The van der Waals surface area contributed by atoms with E-state index in [-0.39, 0.29) is 16.9 Å². The van der Waals surface area contributed by atoms with E-state index in [1.165, 1.54) is 5.56 Å². The molecule has 1 aromatic carbocycles. The van der Waals surface area contributed by atoms with Crippen molar-refractivity contribution >= 4 is 23.3 Å². The summed E-state index contributed by atoms with van der Waals surface area (Å²) < 4.78 is 1.96. The number of carbonyl (C=O) groups excluding carboxylic acids is 1. The highest BCUT2D eigenvalue weighted by molar-refractivity contribution is 6.31. The van der Waals surface area contributed by atoms with E-state index in [2.05, 4.69) is 30.3 Å². The molecule has 5 rings (SSSR count). The van der Waals surface area contributed by atoms with Crippen molar-refractivity contribution < 1.29 is 4.79 Å². The number of nitrogens with one attached hydrogen (secondary N) is 1. The summed E-state index contributed by atoms with van der Waals surface area (Å²) in [4.78, 5) is 15.2.